The molecule has 11 heteroatoms. The van der Waals surface area contributed by atoms with E-state index in [4.69, 9.17) is 4.74 Å². The fraction of sp³-hybridized carbons (Fsp3) is 0.300. The number of rotatable bonds is 9. The average molecular weight is 580 g/mol. The minimum atomic E-state index is -3.70. The maximum absolute atomic E-state index is 13.3. The Hall–Kier alpha value is -4.38. The van der Waals surface area contributed by atoms with Gasteiger partial charge >= 0.3 is 12.0 Å². The maximum atomic E-state index is 13.3. The molecular formula is C30H33N3O7S. The van der Waals surface area contributed by atoms with Gasteiger partial charge in [-0.15, -0.1) is 0 Å². The Morgan fingerprint density at radius 1 is 0.951 bits per heavy atom. The fourth-order valence-corrected chi connectivity index (χ4v) is 6.41. The molecule has 2 N–H and O–H groups in total. The van der Waals surface area contributed by atoms with Crippen molar-refractivity contribution in [3.05, 3.63) is 83.4 Å². The Bertz CT molecular complexity index is 1540. The highest BCUT2D eigenvalue weighted by Crippen LogP contribution is 2.28. The van der Waals surface area contributed by atoms with Crippen LogP contribution in [-0.2, 0) is 25.8 Å². The molecule has 10 nitrogen and oxygen atoms in total. The molecule has 1 fully saturated rings. The monoisotopic (exact) mass is 579 g/mol. The molecule has 0 aromatic heterocycles. The first-order valence-electron chi connectivity index (χ1n) is 13.1. The smallest absolute Gasteiger partial charge is 0.337 e. The molecule has 0 radical (unpaired) electrons. The van der Waals surface area contributed by atoms with Gasteiger partial charge in [-0.3, -0.25) is 4.79 Å². The number of amides is 3. The van der Waals surface area contributed by atoms with Crippen LogP contribution in [0, 0.1) is 6.92 Å². The first-order valence-corrected chi connectivity index (χ1v) is 14.8. The molecule has 1 aliphatic rings. The van der Waals surface area contributed by atoms with E-state index >= 15 is 0 Å². The highest BCUT2D eigenvalue weighted by molar-refractivity contribution is 7.91. The number of nitrogens with one attached hydrogen (secondary N) is 2. The maximum Gasteiger partial charge on any atom is 0.337 e. The third-order valence-electron chi connectivity index (χ3n) is 7.01. The van der Waals surface area contributed by atoms with Gasteiger partial charge in [-0.1, -0.05) is 24.3 Å². The van der Waals surface area contributed by atoms with Crippen LogP contribution in [0.1, 0.15) is 34.3 Å². The number of ether oxygens (including phenoxy) is 2. The van der Waals surface area contributed by atoms with Crippen molar-refractivity contribution in [3.63, 3.8) is 0 Å². The standard InChI is InChI=1S/C30H33N3O7S/c1-20-7-4-5-9-25(20)31-30(36)32-26-15-10-21(17-27(26)39-2)18-28(34)33-16-6-8-23(33)19-41(37,38)24-13-11-22(12-14-24)29(35)40-3/h4-5,7,9-15,17,23H,6,8,16,18-19H2,1-3H3,(H2,31,32,36). The van der Waals surface area contributed by atoms with Gasteiger partial charge in [0.25, 0.3) is 0 Å². The summed E-state index contributed by atoms with van der Waals surface area (Å²) in [7, 11) is -0.965. The van der Waals surface area contributed by atoms with Gasteiger partial charge in [-0.05, 0) is 73.4 Å². The van der Waals surface area contributed by atoms with Crippen LogP contribution in [0.25, 0.3) is 0 Å². The average Bonchev–Trinajstić information content (AvgIpc) is 3.42. The number of carbonyl (C=O) groups is 3. The Kier molecular flexibility index (Phi) is 9.28. The quantitative estimate of drug-likeness (QED) is 0.358. The van der Waals surface area contributed by atoms with Crippen LogP contribution in [0.2, 0.25) is 0 Å². The fourth-order valence-electron chi connectivity index (χ4n) is 4.82. The van der Waals surface area contributed by atoms with Gasteiger partial charge in [0, 0.05) is 18.3 Å². The predicted molar refractivity (Wildman–Crippen MR) is 155 cm³/mol. The van der Waals surface area contributed by atoms with Gasteiger partial charge in [0.05, 0.1) is 42.5 Å². The van der Waals surface area contributed by atoms with E-state index in [-0.39, 0.29) is 28.5 Å². The van der Waals surface area contributed by atoms with Gasteiger partial charge < -0.3 is 25.0 Å². The van der Waals surface area contributed by atoms with E-state index in [1.807, 2.05) is 25.1 Å². The number of sulfone groups is 1. The number of hydrogen-bond acceptors (Lipinski definition) is 7. The number of nitrogens with zero attached hydrogens (tertiary/aromatic N) is 1. The lowest BCUT2D eigenvalue weighted by Crippen LogP contribution is -2.40. The minimum absolute atomic E-state index is 0.0520. The molecule has 4 rings (SSSR count). The van der Waals surface area contributed by atoms with Crippen molar-refractivity contribution in [2.24, 2.45) is 0 Å². The SMILES string of the molecule is COC(=O)c1ccc(S(=O)(=O)CC2CCCN2C(=O)Cc2ccc(NC(=O)Nc3ccccc3C)c(OC)c2)cc1. The molecule has 1 saturated heterocycles. The summed E-state index contributed by atoms with van der Waals surface area (Å²) in [6.07, 6.45) is 1.33. The lowest BCUT2D eigenvalue weighted by atomic mass is 10.1. The summed E-state index contributed by atoms with van der Waals surface area (Å²) in [4.78, 5) is 39.2. The molecule has 216 valence electrons. The summed E-state index contributed by atoms with van der Waals surface area (Å²) in [5.41, 5.74) is 2.98. The second-order valence-corrected chi connectivity index (χ2v) is 11.8. The number of urea groups is 1. The molecule has 3 aromatic carbocycles. The summed E-state index contributed by atoms with van der Waals surface area (Å²) in [6, 6.07) is 17.2. The van der Waals surface area contributed by atoms with Crippen LogP contribution in [0.5, 0.6) is 5.75 Å². The molecule has 1 atom stereocenters. The first kappa shape index (κ1) is 29.6. The van der Waals surface area contributed by atoms with E-state index < -0.39 is 27.9 Å². The molecule has 1 unspecified atom stereocenters. The summed E-state index contributed by atoms with van der Waals surface area (Å²) >= 11 is 0. The molecule has 0 saturated carbocycles. The molecule has 0 bridgehead atoms. The molecule has 41 heavy (non-hydrogen) atoms. The molecule has 1 aliphatic heterocycles. The molecule has 3 amide bonds. The summed E-state index contributed by atoms with van der Waals surface area (Å²) < 4.78 is 36.3. The number of benzene rings is 3. The Balaban J connectivity index is 1.40. The Morgan fingerprint density at radius 2 is 1.66 bits per heavy atom. The number of hydrogen-bond donors (Lipinski definition) is 2. The van der Waals surface area contributed by atoms with Gasteiger partial charge in [0.15, 0.2) is 9.84 Å². The van der Waals surface area contributed by atoms with Crippen LogP contribution < -0.4 is 15.4 Å². The number of anilines is 2. The number of aryl methyl sites for hydroxylation is 1. The molecule has 1 heterocycles. The van der Waals surface area contributed by atoms with Crippen LogP contribution in [0.3, 0.4) is 0 Å². The second-order valence-electron chi connectivity index (χ2n) is 9.79. The van der Waals surface area contributed by atoms with E-state index in [0.717, 1.165) is 5.56 Å². The largest absolute Gasteiger partial charge is 0.495 e. The lowest BCUT2D eigenvalue weighted by Gasteiger charge is -2.25. The van der Waals surface area contributed by atoms with Crippen molar-refractivity contribution in [1.82, 2.24) is 4.90 Å². The minimum Gasteiger partial charge on any atom is -0.495 e. The van der Waals surface area contributed by atoms with Crippen LogP contribution >= 0.6 is 0 Å². The van der Waals surface area contributed by atoms with Crippen molar-refractivity contribution >= 4 is 39.1 Å². The van der Waals surface area contributed by atoms with Crippen molar-refractivity contribution in [1.29, 1.82) is 0 Å². The highest BCUT2D eigenvalue weighted by atomic mass is 32.2. The number of carbonyl (C=O) groups excluding carboxylic acids is 3. The number of methoxy groups -OCH3 is 2. The molecule has 3 aromatic rings. The number of esters is 1. The Labute approximate surface area is 239 Å². The lowest BCUT2D eigenvalue weighted by molar-refractivity contribution is -0.130. The van der Waals surface area contributed by atoms with Crippen molar-refractivity contribution < 1.29 is 32.3 Å². The molecule has 0 spiro atoms. The van der Waals surface area contributed by atoms with E-state index in [2.05, 4.69) is 15.4 Å². The third-order valence-corrected chi connectivity index (χ3v) is 8.82. The van der Waals surface area contributed by atoms with Gasteiger partial charge in [-0.25, -0.2) is 18.0 Å². The zero-order valence-electron chi connectivity index (χ0n) is 23.2. The summed E-state index contributed by atoms with van der Waals surface area (Å²) in [5, 5.41) is 5.57. The first-order chi connectivity index (χ1) is 19.6. The third kappa shape index (κ3) is 7.23. The van der Waals surface area contributed by atoms with Crippen LogP contribution in [0.15, 0.2) is 71.6 Å². The number of likely N-dealkylation sites (tertiary alicyclic amines) is 1. The molecule has 0 aliphatic carbocycles. The van der Waals surface area contributed by atoms with Crippen LogP contribution in [0.4, 0.5) is 16.2 Å². The topological polar surface area (TPSA) is 131 Å². The zero-order valence-corrected chi connectivity index (χ0v) is 24.0. The second kappa shape index (κ2) is 12.9. The van der Waals surface area contributed by atoms with E-state index in [1.54, 1.807) is 29.2 Å². The van der Waals surface area contributed by atoms with E-state index in [1.165, 1.54) is 38.5 Å². The predicted octanol–water partition coefficient (Wildman–Crippen LogP) is 4.44. The Morgan fingerprint density at radius 3 is 2.34 bits per heavy atom. The van der Waals surface area contributed by atoms with Crippen molar-refractivity contribution in [2.45, 2.75) is 37.1 Å². The van der Waals surface area contributed by atoms with Crippen LogP contribution in [-0.4, -0.2) is 63.8 Å². The normalized spacial score (nSPS) is 14.8. The van der Waals surface area contributed by atoms with E-state index in [0.29, 0.717) is 42.1 Å². The number of para-hydroxylation sites is 1. The summed E-state index contributed by atoms with van der Waals surface area (Å²) in [5.74, 6) is -0.555. The van der Waals surface area contributed by atoms with Crippen molar-refractivity contribution in [2.75, 3.05) is 37.2 Å². The summed E-state index contributed by atoms with van der Waals surface area (Å²) in [6.45, 7) is 2.36. The van der Waals surface area contributed by atoms with Gasteiger partial charge in [0.1, 0.15) is 5.75 Å². The van der Waals surface area contributed by atoms with Crippen molar-refractivity contribution in [3.8, 4) is 5.75 Å². The van der Waals surface area contributed by atoms with Gasteiger partial charge in [0.2, 0.25) is 5.91 Å². The molecular weight excluding hydrogens is 546 g/mol. The zero-order chi connectivity index (χ0) is 29.6. The van der Waals surface area contributed by atoms with Gasteiger partial charge in [-0.2, -0.15) is 0 Å². The highest BCUT2D eigenvalue weighted by Gasteiger charge is 2.33. The van der Waals surface area contributed by atoms with E-state index in [9.17, 15) is 22.8 Å².